The Morgan fingerprint density at radius 1 is 0.634 bits per heavy atom. The standard InChI is InChI=1S/C33H20Cl2N4O2/c1-3-39-23-11-7-5-9-17(23)19-13-21-27(15-25(19)39)41-33-29(35)30-32(28(34)31(33)37-21)40-26-14-24-18(12-20(26)36-30)16-8-4-6-10-22(16)38(24)2/h4-15H,3H2,1-2H3. The van der Waals surface area contributed by atoms with Gasteiger partial charge >= 0.3 is 0 Å². The quantitative estimate of drug-likeness (QED) is 0.196. The molecule has 0 atom stereocenters. The maximum Gasteiger partial charge on any atom is 0.175 e. The van der Waals surface area contributed by atoms with E-state index in [1.165, 1.54) is 10.9 Å². The SMILES string of the molecule is CCn1c2ccccc2c2cc3c(cc21)Oc1c(Cl)c2c(c(Cl)c1=N3)Oc1cc3c(cc1N=2)c1ccccc1n3C. The molecule has 4 heterocycles. The van der Waals surface area contributed by atoms with Crippen LogP contribution in [0, 0.1) is 0 Å². The molecule has 0 saturated carbocycles. The van der Waals surface area contributed by atoms with Crippen molar-refractivity contribution < 1.29 is 9.47 Å². The number of nitrogens with zero attached hydrogens (tertiary/aromatic N) is 4. The Balaban J connectivity index is 1.28. The van der Waals surface area contributed by atoms with Gasteiger partial charge in [0, 0.05) is 58.3 Å². The molecule has 9 rings (SSSR count). The van der Waals surface area contributed by atoms with Gasteiger partial charge in [-0.3, -0.25) is 0 Å². The van der Waals surface area contributed by atoms with Crippen molar-refractivity contribution in [3.8, 4) is 23.0 Å². The lowest BCUT2D eigenvalue weighted by Gasteiger charge is -2.21. The first-order valence-electron chi connectivity index (χ1n) is 13.4. The van der Waals surface area contributed by atoms with Crippen molar-refractivity contribution in [2.24, 2.45) is 17.0 Å². The first-order valence-corrected chi connectivity index (χ1v) is 14.2. The van der Waals surface area contributed by atoms with Gasteiger partial charge in [0.05, 0.1) is 11.0 Å². The average molecular weight is 575 g/mol. The van der Waals surface area contributed by atoms with E-state index in [0.29, 0.717) is 55.1 Å². The molecule has 0 fully saturated rings. The number of rotatable bonds is 1. The summed E-state index contributed by atoms with van der Waals surface area (Å²) in [6, 6.07) is 24.8. The Morgan fingerprint density at radius 2 is 1.15 bits per heavy atom. The Kier molecular flexibility index (Phi) is 4.55. The van der Waals surface area contributed by atoms with Gasteiger partial charge in [-0.1, -0.05) is 59.6 Å². The zero-order chi connectivity index (χ0) is 27.6. The molecule has 0 unspecified atom stereocenters. The molecule has 2 aliphatic rings. The first-order chi connectivity index (χ1) is 20.0. The van der Waals surface area contributed by atoms with Crippen LogP contribution < -0.4 is 20.2 Å². The fraction of sp³-hybridized carbons (Fsp3) is 0.0909. The zero-order valence-electron chi connectivity index (χ0n) is 22.0. The van der Waals surface area contributed by atoms with Crippen LogP contribution >= 0.6 is 23.2 Å². The van der Waals surface area contributed by atoms with E-state index in [1.807, 2.05) is 37.4 Å². The molecule has 0 aliphatic carbocycles. The van der Waals surface area contributed by atoms with E-state index in [4.69, 9.17) is 42.7 Å². The minimum atomic E-state index is 0.313. The summed E-state index contributed by atoms with van der Waals surface area (Å²) in [6.45, 7) is 2.97. The fourth-order valence-corrected chi connectivity index (χ4v) is 6.90. The second kappa shape index (κ2) is 8.03. The topological polar surface area (TPSA) is 53.0 Å². The van der Waals surface area contributed by atoms with E-state index in [2.05, 4.69) is 58.5 Å². The third-order valence-corrected chi connectivity index (χ3v) is 9.00. The Labute approximate surface area is 243 Å². The van der Waals surface area contributed by atoms with Crippen LogP contribution in [0.2, 0.25) is 10.0 Å². The molecule has 0 spiro atoms. The Morgan fingerprint density at radius 3 is 1.76 bits per heavy atom. The number of fused-ring (bicyclic) bond motifs is 10. The van der Waals surface area contributed by atoms with Crippen molar-refractivity contribution in [1.29, 1.82) is 0 Å². The van der Waals surface area contributed by atoms with Gasteiger partial charge in [-0.05, 0) is 31.2 Å². The minimum absolute atomic E-state index is 0.313. The van der Waals surface area contributed by atoms with Crippen molar-refractivity contribution >= 4 is 78.2 Å². The van der Waals surface area contributed by atoms with Crippen LogP contribution in [0.15, 0.2) is 82.8 Å². The molecule has 0 amide bonds. The number of benzene rings is 5. The van der Waals surface area contributed by atoms with E-state index in [-0.39, 0.29) is 0 Å². The number of hydrogen-bond donors (Lipinski definition) is 0. The van der Waals surface area contributed by atoms with Crippen LogP contribution in [-0.2, 0) is 13.6 Å². The number of para-hydroxylation sites is 2. The molecular formula is C33H20Cl2N4O2. The molecule has 6 nitrogen and oxygen atoms in total. The normalized spacial score (nSPS) is 13.3. The second-order valence-electron chi connectivity index (χ2n) is 10.4. The highest BCUT2D eigenvalue weighted by atomic mass is 35.5. The van der Waals surface area contributed by atoms with Gasteiger partial charge < -0.3 is 18.6 Å². The monoisotopic (exact) mass is 574 g/mol. The van der Waals surface area contributed by atoms with Gasteiger partial charge in [-0.15, -0.1) is 0 Å². The Hall–Kier alpha value is -4.52. The first kappa shape index (κ1) is 23.2. The lowest BCUT2D eigenvalue weighted by molar-refractivity contribution is 0.452. The van der Waals surface area contributed by atoms with Crippen LogP contribution in [0.1, 0.15) is 6.92 Å². The predicted molar refractivity (Wildman–Crippen MR) is 164 cm³/mol. The molecule has 2 aliphatic heterocycles. The van der Waals surface area contributed by atoms with E-state index < -0.39 is 0 Å². The lowest BCUT2D eigenvalue weighted by atomic mass is 10.1. The molecule has 0 radical (unpaired) electrons. The third-order valence-electron chi connectivity index (χ3n) is 8.30. The van der Waals surface area contributed by atoms with Crippen molar-refractivity contribution in [3.63, 3.8) is 0 Å². The maximum absolute atomic E-state index is 6.98. The summed E-state index contributed by atoms with van der Waals surface area (Å²) in [7, 11) is 2.05. The molecule has 0 bridgehead atoms. The van der Waals surface area contributed by atoms with Crippen LogP contribution in [0.4, 0.5) is 11.4 Å². The smallest absolute Gasteiger partial charge is 0.175 e. The summed E-state index contributed by atoms with van der Waals surface area (Å²) in [5.41, 5.74) is 5.79. The summed E-state index contributed by atoms with van der Waals surface area (Å²) < 4.78 is 17.3. The van der Waals surface area contributed by atoms with Gasteiger partial charge in [-0.25, -0.2) is 9.98 Å². The number of aromatic nitrogens is 2. The van der Waals surface area contributed by atoms with Gasteiger partial charge in [0.1, 0.15) is 32.1 Å². The number of ether oxygens (including phenoxy) is 2. The van der Waals surface area contributed by atoms with E-state index in [9.17, 15) is 0 Å². The highest BCUT2D eigenvalue weighted by Crippen LogP contribution is 2.46. The molecule has 5 aromatic carbocycles. The number of hydrogen-bond acceptors (Lipinski definition) is 4. The van der Waals surface area contributed by atoms with Gasteiger partial charge in [0.2, 0.25) is 0 Å². The molecule has 7 aromatic rings. The van der Waals surface area contributed by atoms with E-state index in [0.717, 1.165) is 39.3 Å². The van der Waals surface area contributed by atoms with Crippen molar-refractivity contribution in [3.05, 3.63) is 93.6 Å². The number of halogens is 2. The molecule has 8 heteroatoms. The van der Waals surface area contributed by atoms with Gasteiger partial charge in [-0.2, -0.15) is 0 Å². The second-order valence-corrected chi connectivity index (χ2v) is 11.2. The maximum atomic E-state index is 6.98. The lowest BCUT2D eigenvalue weighted by Crippen LogP contribution is -2.22. The van der Waals surface area contributed by atoms with Crippen molar-refractivity contribution in [1.82, 2.24) is 9.13 Å². The summed E-state index contributed by atoms with van der Waals surface area (Å²) in [6.07, 6.45) is 0. The molecule has 0 saturated heterocycles. The van der Waals surface area contributed by atoms with Crippen LogP contribution in [0.5, 0.6) is 23.0 Å². The van der Waals surface area contributed by atoms with Crippen LogP contribution in [0.25, 0.3) is 43.6 Å². The number of aryl methyl sites for hydroxylation is 2. The predicted octanol–water partition coefficient (Wildman–Crippen LogP) is 8.88. The van der Waals surface area contributed by atoms with Crippen LogP contribution in [-0.4, -0.2) is 9.13 Å². The minimum Gasteiger partial charge on any atom is -0.451 e. The molecule has 198 valence electrons. The summed E-state index contributed by atoms with van der Waals surface area (Å²) in [5, 5.41) is 6.01. The summed E-state index contributed by atoms with van der Waals surface area (Å²) in [4.78, 5) is 9.87. The summed E-state index contributed by atoms with van der Waals surface area (Å²) >= 11 is 14.0. The Bertz CT molecular complexity index is 2460. The molecular weight excluding hydrogens is 555 g/mol. The van der Waals surface area contributed by atoms with Crippen molar-refractivity contribution in [2.45, 2.75) is 13.5 Å². The highest BCUT2D eigenvalue weighted by molar-refractivity contribution is 6.35. The molecule has 2 aromatic heterocycles. The fourth-order valence-electron chi connectivity index (χ4n) is 6.39. The zero-order valence-corrected chi connectivity index (χ0v) is 23.5. The summed E-state index contributed by atoms with van der Waals surface area (Å²) in [5.74, 6) is 1.99. The molecule has 41 heavy (non-hydrogen) atoms. The third kappa shape index (κ3) is 2.98. The highest BCUT2D eigenvalue weighted by Gasteiger charge is 2.28. The van der Waals surface area contributed by atoms with Gasteiger partial charge in [0.25, 0.3) is 0 Å². The van der Waals surface area contributed by atoms with Crippen molar-refractivity contribution in [2.75, 3.05) is 0 Å². The van der Waals surface area contributed by atoms with E-state index in [1.54, 1.807) is 0 Å². The van der Waals surface area contributed by atoms with Gasteiger partial charge in [0.15, 0.2) is 23.0 Å². The van der Waals surface area contributed by atoms with E-state index >= 15 is 0 Å². The largest absolute Gasteiger partial charge is 0.451 e. The average Bonchev–Trinajstić information content (AvgIpc) is 3.46. The molecule has 0 N–H and O–H groups in total. The van der Waals surface area contributed by atoms with Crippen LogP contribution in [0.3, 0.4) is 0 Å².